The van der Waals surface area contributed by atoms with Gasteiger partial charge in [-0.2, -0.15) is 16.2 Å². The highest BCUT2D eigenvalue weighted by Crippen LogP contribution is 2.26. The maximum Gasteiger partial charge on any atom is 0.254 e. The lowest BCUT2D eigenvalue weighted by atomic mass is 10.1. The predicted octanol–water partition coefficient (Wildman–Crippen LogP) is 1.65. The van der Waals surface area contributed by atoms with E-state index in [-0.39, 0.29) is 11.9 Å². The van der Waals surface area contributed by atoms with Crippen LogP contribution in [0.25, 0.3) is 0 Å². The second-order valence-electron chi connectivity index (χ2n) is 4.10. The number of nitrogens with one attached hydrogen (secondary N) is 1. The summed E-state index contributed by atoms with van der Waals surface area (Å²) >= 11 is 1.29. The Balaban J connectivity index is 2.99. The van der Waals surface area contributed by atoms with Crippen LogP contribution >= 0.6 is 11.8 Å². The number of aromatic hydroxyl groups is 1. The molecule has 1 amide bonds. The molecule has 20 heavy (non-hydrogen) atoms. The fourth-order valence-corrected chi connectivity index (χ4v) is 2.20. The van der Waals surface area contributed by atoms with Crippen molar-refractivity contribution in [3.05, 3.63) is 29.1 Å². The molecule has 0 aromatic heterocycles. The maximum absolute atomic E-state index is 13.5. The van der Waals surface area contributed by atoms with Gasteiger partial charge in [0.2, 0.25) is 5.82 Å². The summed E-state index contributed by atoms with van der Waals surface area (Å²) in [6.45, 7) is 1.36. The zero-order chi connectivity index (χ0) is 15.4. The first kappa shape index (κ1) is 16.6. The third-order valence-corrected chi connectivity index (χ3v) is 3.94. The van der Waals surface area contributed by atoms with E-state index in [4.69, 9.17) is 10.2 Å². The molecule has 8 heteroatoms. The van der Waals surface area contributed by atoms with Crippen LogP contribution in [0.3, 0.4) is 0 Å². The Labute approximate surface area is 118 Å². The van der Waals surface area contributed by atoms with E-state index in [9.17, 15) is 18.0 Å². The van der Waals surface area contributed by atoms with Crippen molar-refractivity contribution in [3.63, 3.8) is 0 Å². The highest BCUT2D eigenvalue weighted by molar-refractivity contribution is 7.99. The van der Waals surface area contributed by atoms with Crippen LogP contribution in [0.2, 0.25) is 0 Å². The number of phenolic OH excluding ortho intramolecular Hbond substituents is 1. The molecule has 2 atom stereocenters. The molecule has 0 radical (unpaired) electrons. The first-order chi connectivity index (χ1) is 9.33. The first-order valence-electron chi connectivity index (χ1n) is 5.64. The van der Waals surface area contributed by atoms with E-state index in [2.05, 4.69) is 5.32 Å². The number of carbonyl (C=O) groups excluding carboxylic acids is 1. The Bertz CT molecular complexity index is 509. The maximum atomic E-state index is 13.5. The smallest absolute Gasteiger partial charge is 0.254 e. The highest BCUT2D eigenvalue weighted by atomic mass is 32.2. The molecular formula is C12H14F3NO3S. The topological polar surface area (TPSA) is 69.6 Å². The molecule has 112 valence electrons. The van der Waals surface area contributed by atoms with Crippen LogP contribution in [0.4, 0.5) is 13.2 Å². The molecule has 3 N–H and O–H groups in total. The van der Waals surface area contributed by atoms with Gasteiger partial charge in [-0.05, 0) is 19.2 Å². The van der Waals surface area contributed by atoms with Crippen molar-refractivity contribution >= 4 is 17.7 Å². The van der Waals surface area contributed by atoms with Gasteiger partial charge < -0.3 is 15.5 Å². The van der Waals surface area contributed by atoms with Crippen LogP contribution in [0.1, 0.15) is 17.3 Å². The van der Waals surface area contributed by atoms with E-state index in [0.717, 1.165) is 0 Å². The van der Waals surface area contributed by atoms with Crippen molar-refractivity contribution < 1.29 is 28.2 Å². The van der Waals surface area contributed by atoms with Gasteiger partial charge in [0.25, 0.3) is 5.91 Å². The molecule has 0 aliphatic rings. The number of amides is 1. The lowest BCUT2D eigenvalue weighted by molar-refractivity contribution is 0.0930. The molecular weight excluding hydrogens is 295 g/mol. The molecule has 4 nitrogen and oxygen atoms in total. The van der Waals surface area contributed by atoms with E-state index in [1.54, 1.807) is 13.2 Å². The van der Waals surface area contributed by atoms with Crippen molar-refractivity contribution in [3.8, 4) is 5.75 Å². The molecule has 0 aliphatic carbocycles. The number of rotatable bonds is 5. The lowest BCUT2D eigenvalue weighted by Gasteiger charge is -2.21. The van der Waals surface area contributed by atoms with Gasteiger partial charge in [0.15, 0.2) is 17.4 Å². The predicted molar refractivity (Wildman–Crippen MR) is 69.3 cm³/mol. The Hall–Kier alpha value is -1.41. The standard InChI is InChI=1S/C12H14F3NO3S/c1-5(8(4-17)20-2)16-12(19)6-3-7(13)10(15)11(18)9(6)14/h3,5,8,17-18H,4H2,1-2H3,(H,16,19). The van der Waals surface area contributed by atoms with Gasteiger partial charge in [-0.15, -0.1) is 0 Å². The quantitative estimate of drug-likeness (QED) is 0.724. The van der Waals surface area contributed by atoms with E-state index in [1.165, 1.54) is 11.8 Å². The summed E-state index contributed by atoms with van der Waals surface area (Å²) in [5.41, 5.74) is -0.800. The number of carbonyl (C=O) groups is 1. The molecule has 0 saturated carbocycles. The minimum atomic E-state index is -1.75. The molecule has 1 aromatic rings. The minimum absolute atomic E-state index is 0.214. The first-order valence-corrected chi connectivity index (χ1v) is 6.93. The number of benzene rings is 1. The highest BCUT2D eigenvalue weighted by Gasteiger charge is 2.25. The summed E-state index contributed by atoms with van der Waals surface area (Å²) in [4.78, 5) is 11.8. The lowest BCUT2D eigenvalue weighted by Crippen LogP contribution is -2.41. The fraction of sp³-hybridized carbons (Fsp3) is 0.417. The molecule has 0 aliphatic heterocycles. The number of halogens is 3. The normalized spacial score (nSPS) is 13.9. The molecule has 0 bridgehead atoms. The monoisotopic (exact) mass is 309 g/mol. The van der Waals surface area contributed by atoms with Crippen LogP contribution in [0.15, 0.2) is 6.07 Å². The van der Waals surface area contributed by atoms with Crippen LogP contribution in [0, 0.1) is 17.5 Å². The zero-order valence-electron chi connectivity index (χ0n) is 10.8. The number of thioether (sulfide) groups is 1. The Morgan fingerprint density at radius 2 is 2.00 bits per heavy atom. The van der Waals surface area contributed by atoms with E-state index < -0.39 is 40.7 Å². The van der Waals surface area contributed by atoms with Gasteiger partial charge in [0.05, 0.1) is 12.2 Å². The van der Waals surface area contributed by atoms with Crippen molar-refractivity contribution in [2.45, 2.75) is 18.2 Å². The molecule has 0 heterocycles. The van der Waals surface area contributed by atoms with Crippen molar-refractivity contribution in [2.24, 2.45) is 0 Å². The summed E-state index contributed by atoms with van der Waals surface area (Å²) in [6.07, 6.45) is 1.72. The molecule has 1 rings (SSSR count). The molecule has 2 unspecified atom stereocenters. The third kappa shape index (κ3) is 3.37. The number of aliphatic hydroxyl groups excluding tert-OH is 1. The van der Waals surface area contributed by atoms with E-state index >= 15 is 0 Å². The van der Waals surface area contributed by atoms with Crippen molar-refractivity contribution in [1.82, 2.24) is 5.32 Å². The summed E-state index contributed by atoms with van der Waals surface area (Å²) in [5, 5.41) is 20.1. The average molecular weight is 309 g/mol. The van der Waals surface area contributed by atoms with Gasteiger partial charge in [0.1, 0.15) is 0 Å². The SMILES string of the molecule is CSC(CO)C(C)NC(=O)c1cc(F)c(F)c(O)c1F. The summed E-state index contributed by atoms with van der Waals surface area (Å²) < 4.78 is 39.5. The second kappa shape index (κ2) is 6.85. The Kier molecular flexibility index (Phi) is 5.70. The average Bonchev–Trinajstić information content (AvgIpc) is 2.41. The van der Waals surface area contributed by atoms with Gasteiger partial charge in [-0.3, -0.25) is 4.79 Å². The molecule has 1 aromatic carbocycles. The third-order valence-electron chi connectivity index (χ3n) is 2.78. The van der Waals surface area contributed by atoms with Gasteiger partial charge in [-0.1, -0.05) is 0 Å². The van der Waals surface area contributed by atoms with Gasteiger partial charge in [0, 0.05) is 11.3 Å². The van der Waals surface area contributed by atoms with Crippen LogP contribution < -0.4 is 5.32 Å². The minimum Gasteiger partial charge on any atom is -0.503 e. The number of aliphatic hydroxyl groups is 1. The molecule has 0 saturated heterocycles. The zero-order valence-corrected chi connectivity index (χ0v) is 11.6. The number of hydrogen-bond donors (Lipinski definition) is 3. The van der Waals surface area contributed by atoms with Crippen molar-refractivity contribution in [2.75, 3.05) is 12.9 Å². The van der Waals surface area contributed by atoms with Crippen LogP contribution in [-0.4, -0.2) is 40.3 Å². The molecule has 0 fully saturated rings. The summed E-state index contributed by atoms with van der Waals surface area (Å²) in [7, 11) is 0. The summed E-state index contributed by atoms with van der Waals surface area (Å²) in [5.74, 6) is -7.34. The molecule has 0 spiro atoms. The van der Waals surface area contributed by atoms with E-state index in [1.807, 2.05) is 0 Å². The van der Waals surface area contributed by atoms with E-state index in [0.29, 0.717) is 6.07 Å². The number of hydrogen-bond acceptors (Lipinski definition) is 4. The number of phenols is 1. The van der Waals surface area contributed by atoms with Gasteiger partial charge >= 0.3 is 0 Å². The largest absolute Gasteiger partial charge is 0.503 e. The Morgan fingerprint density at radius 3 is 2.50 bits per heavy atom. The van der Waals surface area contributed by atoms with Crippen LogP contribution in [0.5, 0.6) is 5.75 Å². The van der Waals surface area contributed by atoms with Crippen molar-refractivity contribution in [1.29, 1.82) is 0 Å². The van der Waals surface area contributed by atoms with Crippen LogP contribution in [-0.2, 0) is 0 Å². The second-order valence-corrected chi connectivity index (χ2v) is 5.18. The summed E-state index contributed by atoms with van der Waals surface area (Å²) in [6, 6.07) is -0.156. The van der Waals surface area contributed by atoms with Gasteiger partial charge in [-0.25, -0.2) is 8.78 Å². The Morgan fingerprint density at radius 1 is 1.40 bits per heavy atom. The fourth-order valence-electron chi connectivity index (χ4n) is 1.57.